The Morgan fingerprint density at radius 3 is 2.00 bits per heavy atom. The third-order valence-corrected chi connectivity index (χ3v) is 8.46. The SMILES string of the molecule is CC(C)C(O)C(C)(C)[SiH]1CCCC1. The van der Waals surface area contributed by atoms with Gasteiger partial charge in [0.2, 0.25) is 0 Å². The average molecular weight is 200 g/mol. The van der Waals surface area contributed by atoms with Crippen molar-refractivity contribution in [1.82, 2.24) is 0 Å². The standard InChI is InChI=1S/C11H24OSi/c1-9(2)10(12)11(3,4)13-7-5-6-8-13/h9-10,12-13H,5-8H2,1-4H3. The summed E-state index contributed by atoms with van der Waals surface area (Å²) in [6.45, 7) is 8.85. The number of hydrogen-bond acceptors (Lipinski definition) is 1. The molecule has 0 aliphatic carbocycles. The fraction of sp³-hybridized carbons (Fsp3) is 1.00. The first-order valence-electron chi connectivity index (χ1n) is 5.64. The molecular formula is C11H24OSi. The van der Waals surface area contributed by atoms with E-state index < -0.39 is 8.80 Å². The van der Waals surface area contributed by atoms with Crippen LogP contribution in [0.2, 0.25) is 17.1 Å². The zero-order valence-electron chi connectivity index (χ0n) is 9.51. The van der Waals surface area contributed by atoms with Crippen molar-refractivity contribution in [2.45, 2.75) is 63.8 Å². The fourth-order valence-corrected chi connectivity index (χ4v) is 6.98. The summed E-state index contributed by atoms with van der Waals surface area (Å²) < 4.78 is 0. The molecular weight excluding hydrogens is 176 g/mol. The first-order chi connectivity index (χ1) is 5.96. The Morgan fingerprint density at radius 1 is 1.15 bits per heavy atom. The molecule has 78 valence electrons. The van der Waals surface area contributed by atoms with Gasteiger partial charge in [0.1, 0.15) is 0 Å². The van der Waals surface area contributed by atoms with Gasteiger partial charge >= 0.3 is 0 Å². The quantitative estimate of drug-likeness (QED) is 0.695. The van der Waals surface area contributed by atoms with Gasteiger partial charge in [-0.2, -0.15) is 0 Å². The highest BCUT2D eigenvalue weighted by Crippen LogP contribution is 2.43. The molecule has 2 heteroatoms. The van der Waals surface area contributed by atoms with Gasteiger partial charge in [0.15, 0.2) is 0 Å². The second-order valence-electron chi connectivity index (χ2n) is 5.49. The Kier molecular flexibility index (Phi) is 3.58. The van der Waals surface area contributed by atoms with Gasteiger partial charge in [0.25, 0.3) is 0 Å². The highest BCUT2D eigenvalue weighted by Gasteiger charge is 2.39. The van der Waals surface area contributed by atoms with Crippen LogP contribution < -0.4 is 0 Å². The molecule has 0 amide bonds. The second kappa shape index (κ2) is 4.14. The Hall–Kier alpha value is 0.177. The molecule has 0 aromatic rings. The van der Waals surface area contributed by atoms with Crippen LogP contribution in [0.4, 0.5) is 0 Å². The van der Waals surface area contributed by atoms with Gasteiger partial charge in [0, 0.05) is 8.80 Å². The summed E-state index contributed by atoms with van der Waals surface area (Å²) in [6.07, 6.45) is 2.76. The average Bonchev–Trinajstić information content (AvgIpc) is 2.54. The Balaban J connectivity index is 2.62. The minimum absolute atomic E-state index is 0.0812. The third kappa shape index (κ3) is 2.35. The predicted octanol–water partition coefficient (Wildman–Crippen LogP) is 2.80. The fourth-order valence-electron chi connectivity index (χ4n) is 2.77. The van der Waals surface area contributed by atoms with Crippen molar-refractivity contribution >= 4 is 8.80 Å². The van der Waals surface area contributed by atoms with Crippen LogP contribution in [-0.4, -0.2) is 20.0 Å². The van der Waals surface area contributed by atoms with Crippen molar-refractivity contribution in [2.24, 2.45) is 5.92 Å². The van der Waals surface area contributed by atoms with Crippen molar-refractivity contribution < 1.29 is 5.11 Å². The van der Waals surface area contributed by atoms with Crippen LogP contribution in [-0.2, 0) is 0 Å². The molecule has 0 bridgehead atoms. The van der Waals surface area contributed by atoms with E-state index in [-0.39, 0.29) is 11.1 Å². The van der Waals surface area contributed by atoms with Crippen LogP contribution in [0.25, 0.3) is 0 Å². The van der Waals surface area contributed by atoms with Crippen LogP contribution in [0.5, 0.6) is 0 Å². The molecule has 1 fully saturated rings. The number of aliphatic hydroxyl groups is 1. The Labute approximate surface area is 84.2 Å². The van der Waals surface area contributed by atoms with E-state index in [0.717, 1.165) is 0 Å². The van der Waals surface area contributed by atoms with E-state index in [4.69, 9.17) is 0 Å². The lowest BCUT2D eigenvalue weighted by Gasteiger charge is -2.37. The van der Waals surface area contributed by atoms with Crippen molar-refractivity contribution in [3.63, 3.8) is 0 Å². The zero-order chi connectivity index (χ0) is 10.1. The summed E-state index contributed by atoms with van der Waals surface area (Å²) in [4.78, 5) is 0. The number of aliphatic hydroxyl groups excluding tert-OH is 1. The Morgan fingerprint density at radius 2 is 1.62 bits per heavy atom. The molecule has 13 heavy (non-hydrogen) atoms. The lowest BCUT2D eigenvalue weighted by atomic mass is 9.95. The summed E-state index contributed by atoms with van der Waals surface area (Å²) in [5.74, 6) is 0.420. The van der Waals surface area contributed by atoms with E-state index in [0.29, 0.717) is 5.92 Å². The lowest BCUT2D eigenvalue weighted by Crippen LogP contribution is -2.38. The molecule has 1 atom stereocenters. The summed E-state index contributed by atoms with van der Waals surface area (Å²) in [6, 6.07) is 2.91. The van der Waals surface area contributed by atoms with Crippen molar-refractivity contribution in [2.75, 3.05) is 0 Å². The largest absolute Gasteiger partial charge is 0.393 e. The lowest BCUT2D eigenvalue weighted by molar-refractivity contribution is 0.0856. The molecule has 1 N–H and O–H groups in total. The van der Waals surface area contributed by atoms with Gasteiger partial charge in [-0.15, -0.1) is 0 Å². The molecule has 1 nitrogen and oxygen atoms in total. The van der Waals surface area contributed by atoms with Crippen LogP contribution in [0.15, 0.2) is 0 Å². The van der Waals surface area contributed by atoms with Gasteiger partial charge in [-0.25, -0.2) is 0 Å². The molecule has 0 saturated carbocycles. The maximum atomic E-state index is 10.1. The van der Waals surface area contributed by atoms with Gasteiger partial charge in [0.05, 0.1) is 6.10 Å². The van der Waals surface area contributed by atoms with Gasteiger partial charge in [-0.1, -0.05) is 52.6 Å². The van der Waals surface area contributed by atoms with Crippen LogP contribution >= 0.6 is 0 Å². The van der Waals surface area contributed by atoms with Crippen molar-refractivity contribution in [3.8, 4) is 0 Å². The van der Waals surface area contributed by atoms with Crippen LogP contribution in [0.1, 0.15) is 40.5 Å². The van der Waals surface area contributed by atoms with E-state index in [9.17, 15) is 5.11 Å². The summed E-state index contributed by atoms with van der Waals surface area (Å²) in [7, 11) is -0.654. The normalized spacial score (nSPS) is 22.6. The van der Waals surface area contributed by atoms with E-state index >= 15 is 0 Å². The summed E-state index contributed by atoms with van der Waals surface area (Å²) in [5.41, 5.74) is 0. The molecule has 0 spiro atoms. The molecule has 0 radical (unpaired) electrons. The molecule has 1 aliphatic rings. The van der Waals surface area contributed by atoms with Crippen LogP contribution in [0, 0.1) is 5.92 Å². The maximum absolute atomic E-state index is 10.1. The Bertz CT molecular complexity index is 155. The molecule has 1 rings (SSSR count). The van der Waals surface area contributed by atoms with E-state index in [1.54, 1.807) is 0 Å². The molecule has 0 aromatic heterocycles. The zero-order valence-corrected chi connectivity index (χ0v) is 10.7. The maximum Gasteiger partial charge on any atom is 0.0587 e. The van der Waals surface area contributed by atoms with E-state index in [2.05, 4.69) is 27.7 Å². The van der Waals surface area contributed by atoms with E-state index in [1.807, 2.05) is 0 Å². The first kappa shape index (κ1) is 11.3. The second-order valence-corrected chi connectivity index (χ2v) is 9.53. The molecule has 0 aromatic carbocycles. The third-order valence-electron chi connectivity index (χ3n) is 3.80. The van der Waals surface area contributed by atoms with Gasteiger partial charge in [-0.3, -0.25) is 0 Å². The molecule has 1 aliphatic heterocycles. The highest BCUT2D eigenvalue weighted by atomic mass is 28.3. The number of rotatable bonds is 3. The smallest absolute Gasteiger partial charge is 0.0587 e. The number of hydrogen-bond donors (Lipinski definition) is 1. The van der Waals surface area contributed by atoms with Crippen LogP contribution in [0.3, 0.4) is 0 Å². The molecule has 1 unspecified atom stereocenters. The van der Waals surface area contributed by atoms with E-state index in [1.165, 1.54) is 24.9 Å². The first-order valence-corrected chi connectivity index (χ1v) is 7.85. The molecule has 1 heterocycles. The minimum Gasteiger partial charge on any atom is -0.393 e. The summed E-state index contributed by atoms with van der Waals surface area (Å²) in [5, 5.41) is 10.4. The van der Waals surface area contributed by atoms with Crippen molar-refractivity contribution in [3.05, 3.63) is 0 Å². The predicted molar refractivity (Wildman–Crippen MR) is 60.9 cm³/mol. The topological polar surface area (TPSA) is 20.2 Å². The summed E-state index contributed by atoms with van der Waals surface area (Å²) >= 11 is 0. The van der Waals surface area contributed by atoms with Gasteiger partial charge in [-0.05, 0) is 11.0 Å². The molecule has 1 saturated heterocycles. The monoisotopic (exact) mass is 200 g/mol. The van der Waals surface area contributed by atoms with Crippen molar-refractivity contribution in [1.29, 1.82) is 0 Å². The van der Waals surface area contributed by atoms with Gasteiger partial charge < -0.3 is 5.11 Å². The minimum atomic E-state index is -0.654. The highest BCUT2D eigenvalue weighted by molar-refractivity contribution is 6.63.